The van der Waals surface area contributed by atoms with Gasteiger partial charge in [-0.2, -0.15) is 0 Å². The summed E-state index contributed by atoms with van der Waals surface area (Å²) >= 11 is 0. The van der Waals surface area contributed by atoms with E-state index in [0.29, 0.717) is 41.5 Å². The molecule has 2 aliphatic rings. The second-order valence-electron chi connectivity index (χ2n) is 7.27. The molecule has 1 aromatic rings. The molecular weight excluding hydrogens is 314 g/mol. The Morgan fingerprint density at radius 2 is 2.04 bits per heavy atom. The summed E-state index contributed by atoms with van der Waals surface area (Å²) in [6.45, 7) is 6.00. The summed E-state index contributed by atoms with van der Waals surface area (Å²) in [6.07, 6.45) is 8.51. The maximum Gasteiger partial charge on any atom is 0.254 e. The molecule has 0 aromatic heterocycles. The molecule has 25 heavy (non-hydrogen) atoms. The zero-order valence-corrected chi connectivity index (χ0v) is 15.6. The molecule has 3 atom stereocenters. The molecule has 1 amide bonds. The predicted molar refractivity (Wildman–Crippen MR) is 99.4 cm³/mol. The lowest BCUT2D eigenvalue weighted by molar-refractivity contribution is 0.0633. The van der Waals surface area contributed by atoms with Gasteiger partial charge in [-0.3, -0.25) is 4.79 Å². The van der Waals surface area contributed by atoms with Crippen molar-refractivity contribution in [2.24, 2.45) is 5.92 Å². The highest BCUT2D eigenvalue weighted by molar-refractivity contribution is 5.96. The summed E-state index contributed by atoms with van der Waals surface area (Å²) in [6, 6.07) is 4.45. The Balaban J connectivity index is 1.96. The quantitative estimate of drug-likeness (QED) is 0.751. The fourth-order valence-corrected chi connectivity index (χ4v) is 4.68. The predicted octanol–water partition coefficient (Wildman–Crippen LogP) is 4.23. The van der Waals surface area contributed by atoms with Gasteiger partial charge in [-0.25, -0.2) is 0 Å². The van der Waals surface area contributed by atoms with Crippen molar-refractivity contribution >= 4 is 5.91 Å². The molecule has 0 N–H and O–H groups in total. The van der Waals surface area contributed by atoms with Gasteiger partial charge in [0, 0.05) is 23.2 Å². The first kappa shape index (κ1) is 17.8. The lowest BCUT2D eigenvalue weighted by Gasteiger charge is -2.33. The van der Waals surface area contributed by atoms with Crippen molar-refractivity contribution in [3.63, 3.8) is 0 Å². The smallest absolute Gasteiger partial charge is 0.254 e. The van der Waals surface area contributed by atoms with Crippen LogP contribution in [0, 0.1) is 5.92 Å². The number of carbonyl (C=O) groups is 1. The summed E-state index contributed by atoms with van der Waals surface area (Å²) < 4.78 is 11.0. The van der Waals surface area contributed by atoms with Gasteiger partial charge in [0.15, 0.2) is 11.5 Å². The molecule has 4 heteroatoms. The first-order chi connectivity index (χ1) is 12.1. The van der Waals surface area contributed by atoms with E-state index in [1.807, 2.05) is 18.2 Å². The van der Waals surface area contributed by atoms with Crippen molar-refractivity contribution in [1.82, 2.24) is 4.90 Å². The maximum atomic E-state index is 13.3. The Morgan fingerprint density at radius 3 is 2.72 bits per heavy atom. The van der Waals surface area contributed by atoms with Crippen molar-refractivity contribution in [3.05, 3.63) is 35.9 Å². The minimum Gasteiger partial charge on any atom is -0.493 e. The first-order valence-electron chi connectivity index (χ1n) is 9.29. The topological polar surface area (TPSA) is 38.8 Å². The van der Waals surface area contributed by atoms with E-state index in [-0.39, 0.29) is 5.91 Å². The van der Waals surface area contributed by atoms with Crippen molar-refractivity contribution in [2.75, 3.05) is 14.2 Å². The lowest BCUT2D eigenvalue weighted by Crippen LogP contribution is -2.42. The molecule has 3 unspecified atom stereocenters. The molecule has 2 fully saturated rings. The van der Waals surface area contributed by atoms with E-state index < -0.39 is 0 Å². The Bertz CT molecular complexity index is 655. The van der Waals surface area contributed by atoms with Gasteiger partial charge in [-0.15, -0.1) is 6.58 Å². The molecule has 1 aliphatic carbocycles. The Labute approximate surface area is 150 Å². The normalized spacial score (nSPS) is 25.4. The van der Waals surface area contributed by atoms with Crippen LogP contribution in [0.5, 0.6) is 11.5 Å². The zero-order valence-electron chi connectivity index (χ0n) is 15.6. The highest BCUT2D eigenvalue weighted by atomic mass is 16.5. The molecule has 136 valence electrons. The minimum absolute atomic E-state index is 0.119. The van der Waals surface area contributed by atoms with Gasteiger partial charge < -0.3 is 14.4 Å². The second-order valence-corrected chi connectivity index (χ2v) is 7.27. The van der Waals surface area contributed by atoms with Gasteiger partial charge in [0.1, 0.15) is 0 Å². The molecule has 0 spiro atoms. The number of fused-ring (bicyclic) bond motifs is 1. The van der Waals surface area contributed by atoms with Crippen molar-refractivity contribution in [2.45, 2.75) is 57.5 Å². The summed E-state index contributed by atoms with van der Waals surface area (Å²) in [5, 5.41) is 0. The van der Waals surface area contributed by atoms with E-state index in [2.05, 4.69) is 18.4 Å². The van der Waals surface area contributed by atoms with E-state index in [1.165, 1.54) is 19.3 Å². The van der Waals surface area contributed by atoms with E-state index in [0.717, 1.165) is 18.4 Å². The van der Waals surface area contributed by atoms with Gasteiger partial charge in [0.05, 0.1) is 14.2 Å². The van der Waals surface area contributed by atoms with Crippen LogP contribution in [0.25, 0.3) is 0 Å². The summed E-state index contributed by atoms with van der Waals surface area (Å²) in [5.41, 5.74) is 1.62. The fraction of sp³-hybridized carbons (Fsp3) is 0.571. The van der Waals surface area contributed by atoms with E-state index in [4.69, 9.17) is 9.47 Å². The van der Waals surface area contributed by atoms with Crippen molar-refractivity contribution in [1.29, 1.82) is 0 Å². The molecule has 1 saturated carbocycles. The van der Waals surface area contributed by atoms with Crippen molar-refractivity contribution in [3.8, 4) is 11.5 Å². The van der Waals surface area contributed by atoms with Crippen LogP contribution in [0.2, 0.25) is 0 Å². The summed E-state index contributed by atoms with van der Waals surface area (Å²) in [5.74, 6) is 2.08. The Kier molecular flexibility index (Phi) is 5.36. The van der Waals surface area contributed by atoms with Crippen LogP contribution >= 0.6 is 0 Å². The van der Waals surface area contributed by atoms with Crippen LogP contribution in [0.15, 0.2) is 24.8 Å². The third kappa shape index (κ3) is 3.26. The number of nitrogens with zero attached hydrogens (tertiary/aromatic N) is 1. The Hall–Kier alpha value is -1.97. The van der Waals surface area contributed by atoms with Crippen LogP contribution < -0.4 is 9.47 Å². The van der Waals surface area contributed by atoms with E-state index in [1.54, 1.807) is 14.2 Å². The Morgan fingerprint density at radius 1 is 1.28 bits per heavy atom. The number of methoxy groups -OCH3 is 2. The first-order valence-corrected chi connectivity index (χ1v) is 9.29. The third-order valence-corrected chi connectivity index (χ3v) is 5.75. The summed E-state index contributed by atoms with van der Waals surface area (Å²) in [7, 11) is 3.24. The number of amides is 1. The molecule has 0 bridgehead atoms. The van der Waals surface area contributed by atoms with Gasteiger partial charge in [-0.1, -0.05) is 18.9 Å². The molecule has 1 aromatic carbocycles. The highest BCUT2D eigenvalue weighted by Gasteiger charge is 2.42. The third-order valence-electron chi connectivity index (χ3n) is 5.75. The second kappa shape index (κ2) is 7.51. The molecule has 1 saturated heterocycles. The number of hydrogen-bond acceptors (Lipinski definition) is 3. The minimum atomic E-state index is 0.119. The molecule has 0 radical (unpaired) electrons. The monoisotopic (exact) mass is 343 g/mol. The number of allylic oxidation sites excluding steroid dienone is 1. The number of hydrogen-bond donors (Lipinski definition) is 0. The SMILES string of the molecule is C=CCc1cc(C(=O)N2C(C)CC3CCCCC32)cc(OC)c1OC. The largest absolute Gasteiger partial charge is 0.493 e. The number of rotatable bonds is 5. The van der Waals surface area contributed by atoms with Crippen molar-refractivity contribution < 1.29 is 14.3 Å². The summed E-state index contributed by atoms with van der Waals surface area (Å²) in [4.78, 5) is 15.5. The van der Waals surface area contributed by atoms with Gasteiger partial charge in [-0.05, 0) is 50.7 Å². The number of ether oxygens (including phenoxy) is 2. The van der Waals surface area contributed by atoms with Crippen LogP contribution in [-0.4, -0.2) is 37.1 Å². The van der Waals surface area contributed by atoms with E-state index >= 15 is 0 Å². The highest BCUT2D eigenvalue weighted by Crippen LogP contribution is 2.41. The van der Waals surface area contributed by atoms with Crippen LogP contribution in [0.4, 0.5) is 0 Å². The maximum absolute atomic E-state index is 13.3. The zero-order chi connectivity index (χ0) is 18.0. The number of carbonyl (C=O) groups excluding carboxylic acids is 1. The average molecular weight is 343 g/mol. The lowest BCUT2D eigenvalue weighted by atomic mass is 9.85. The molecular formula is C21H29NO3. The van der Waals surface area contributed by atoms with Gasteiger partial charge in [0.2, 0.25) is 0 Å². The van der Waals surface area contributed by atoms with Crippen LogP contribution in [0.3, 0.4) is 0 Å². The number of benzene rings is 1. The van der Waals surface area contributed by atoms with Gasteiger partial charge in [0.25, 0.3) is 5.91 Å². The number of likely N-dealkylation sites (tertiary alicyclic amines) is 1. The van der Waals surface area contributed by atoms with Gasteiger partial charge >= 0.3 is 0 Å². The van der Waals surface area contributed by atoms with E-state index in [9.17, 15) is 4.79 Å². The van der Waals surface area contributed by atoms with Crippen LogP contribution in [-0.2, 0) is 6.42 Å². The molecule has 4 nitrogen and oxygen atoms in total. The fourth-order valence-electron chi connectivity index (χ4n) is 4.68. The molecule has 1 heterocycles. The standard InChI is InChI=1S/C21H29NO3/c1-5-8-16-12-17(13-19(24-3)20(16)25-4)21(23)22-14(2)11-15-9-6-7-10-18(15)22/h5,12-15,18H,1,6-11H2,2-4H3. The molecule has 3 rings (SSSR count). The molecule has 1 aliphatic heterocycles. The van der Waals surface area contributed by atoms with Crippen LogP contribution in [0.1, 0.15) is 54.9 Å². The average Bonchev–Trinajstić information content (AvgIpc) is 2.96.